The molecule has 2 aliphatic rings. The summed E-state index contributed by atoms with van der Waals surface area (Å²) in [4.78, 5) is 32.7. The van der Waals surface area contributed by atoms with E-state index in [9.17, 15) is 22.8 Å². The van der Waals surface area contributed by atoms with Crippen molar-refractivity contribution < 1.29 is 22.8 Å². The Bertz CT molecular complexity index is 757. The van der Waals surface area contributed by atoms with Gasteiger partial charge in [-0.25, -0.2) is 4.99 Å². The lowest BCUT2D eigenvalue weighted by Crippen LogP contribution is -2.55. The number of alkyl halides is 3. The van der Waals surface area contributed by atoms with Gasteiger partial charge in [-0.15, -0.1) is 0 Å². The summed E-state index contributed by atoms with van der Waals surface area (Å²) in [5.41, 5.74) is -1.29. The van der Waals surface area contributed by atoms with Crippen LogP contribution in [0.1, 0.15) is 12.0 Å². The second kappa shape index (κ2) is 7.55. The highest BCUT2D eigenvalue weighted by molar-refractivity contribution is 6.06. The molecule has 0 radical (unpaired) electrons. The number of anilines is 1. The lowest BCUT2D eigenvalue weighted by atomic mass is 10.1. The molecule has 0 saturated carbocycles. The fraction of sp³-hybridized carbons (Fsp3) is 0.471. The third-order valence-corrected chi connectivity index (χ3v) is 4.50. The van der Waals surface area contributed by atoms with Crippen molar-refractivity contribution in [2.24, 2.45) is 4.99 Å². The van der Waals surface area contributed by atoms with Crippen molar-refractivity contribution in [3.8, 4) is 0 Å². The van der Waals surface area contributed by atoms with Gasteiger partial charge in [-0.2, -0.15) is 13.2 Å². The first-order valence-corrected chi connectivity index (χ1v) is 8.52. The number of aliphatic imine (C=N–C) groups is 1. The van der Waals surface area contributed by atoms with Crippen molar-refractivity contribution in [1.29, 1.82) is 0 Å². The third kappa shape index (κ3) is 4.57. The van der Waals surface area contributed by atoms with Crippen molar-refractivity contribution in [3.05, 3.63) is 29.8 Å². The smallest absolute Gasteiger partial charge is 0.340 e. The van der Waals surface area contributed by atoms with E-state index in [2.05, 4.69) is 20.5 Å². The number of nitrogens with one attached hydrogen (secondary N) is 2. The standard InChI is InChI=1S/C17H20F3N5O2/c1-24-6-8-25(9-7-24)16-22-13(10-14(26)23-16)15(27)21-12-5-3-2-4-11(12)17(18,19)20/h2-5,13H,6-10H2,1H3,(H,21,27)(H,22,23,26)/t13-/m0/s1. The first-order valence-electron chi connectivity index (χ1n) is 8.52. The SMILES string of the molecule is CN1CCN(C2=N[C@H](C(=O)Nc3ccccc3C(F)(F)F)CC(=O)N2)CC1. The maximum absolute atomic E-state index is 13.1. The van der Waals surface area contributed by atoms with Gasteiger partial charge < -0.3 is 15.1 Å². The first-order chi connectivity index (χ1) is 12.7. The summed E-state index contributed by atoms with van der Waals surface area (Å²) in [5.74, 6) is -0.833. The van der Waals surface area contributed by atoms with Crippen LogP contribution in [0.25, 0.3) is 0 Å². The molecule has 0 aromatic heterocycles. The molecule has 0 aliphatic carbocycles. The number of halogens is 3. The van der Waals surface area contributed by atoms with Crippen molar-refractivity contribution >= 4 is 23.5 Å². The molecule has 2 aliphatic heterocycles. The van der Waals surface area contributed by atoms with Gasteiger partial charge in [0, 0.05) is 26.2 Å². The van der Waals surface area contributed by atoms with Crippen LogP contribution < -0.4 is 10.6 Å². The molecule has 1 fully saturated rings. The van der Waals surface area contributed by atoms with Gasteiger partial charge in [0.25, 0.3) is 0 Å². The molecule has 2 amide bonds. The first kappa shape index (κ1) is 19.2. The number of amides is 2. The maximum atomic E-state index is 13.1. The van der Waals surface area contributed by atoms with Crippen LogP contribution in [0, 0.1) is 0 Å². The lowest BCUT2D eigenvalue weighted by Gasteiger charge is -2.36. The fourth-order valence-corrected chi connectivity index (χ4v) is 2.96. The van der Waals surface area contributed by atoms with E-state index in [0.717, 1.165) is 19.2 Å². The minimum Gasteiger partial charge on any atom is -0.340 e. The molecule has 1 aromatic carbocycles. The average Bonchev–Trinajstić information content (AvgIpc) is 2.61. The molecule has 10 heteroatoms. The highest BCUT2D eigenvalue weighted by atomic mass is 19.4. The molecular weight excluding hydrogens is 363 g/mol. The summed E-state index contributed by atoms with van der Waals surface area (Å²) in [6.45, 7) is 2.84. The number of hydrogen-bond acceptors (Lipinski definition) is 5. The molecule has 0 bridgehead atoms. The molecule has 0 spiro atoms. The zero-order chi connectivity index (χ0) is 19.6. The number of rotatable bonds is 2. The van der Waals surface area contributed by atoms with E-state index in [1.54, 1.807) is 0 Å². The van der Waals surface area contributed by atoms with Crippen LogP contribution in [0.15, 0.2) is 29.3 Å². The van der Waals surface area contributed by atoms with Crippen LogP contribution in [0.3, 0.4) is 0 Å². The maximum Gasteiger partial charge on any atom is 0.418 e. The van der Waals surface area contributed by atoms with Gasteiger partial charge >= 0.3 is 6.18 Å². The minimum absolute atomic E-state index is 0.211. The number of piperazine rings is 1. The van der Waals surface area contributed by atoms with E-state index in [4.69, 9.17) is 0 Å². The van der Waals surface area contributed by atoms with Crippen LogP contribution in [0.2, 0.25) is 0 Å². The number of hydrogen-bond donors (Lipinski definition) is 2. The lowest BCUT2D eigenvalue weighted by molar-refractivity contribution is -0.137. The van der Waals surface area contributed by atoms with E-state index in [0.29, 0.717) is 19.0 Å². The minimum atomic E-state index is -4.60. The molecule has 1 aromatic rings. The fourth-order valence-electron chi connectivity index (χ4n) is 2.96. The molecule has 7 nitrogen and oxygen atoms in total. The van der Waals surface area contributed by atoms with Gasteiger partial charge in [-0.1, -0.05) is 12.1 Å². The van der Waals surface area contributed by atoms with Crippen LogP contribution in [0.4, 0.5) is 18.9 Å². The van der Waals surface area contributed by atoms with Gasteiger partial charge in [0.2, 0.25) is 17.8 Å². The van der Waals surface area contributed by atoms with Crippen LogP contribution in [-0.4, -0.2) is 66.8 Å². The number of benzene rings is 1. The highest BCUT2D eigenvalue weighted by Crippen LogP contribution is 2.34. The average molecular weight is 383 g/mol. The van der Waals surface area contributed by atoms with Crippen molar-refractivity contribution in [1.82, 2.24) is 15.1 Å². The Labute approximate surface area is 154 Å². The van der Waals surface area contributed by atoms with Crippen molar-refractivity contribution in [2.75, 3.05) is 38.5 Å². The predicted octanol–water partition coefficient (Wildman–Crippen LogP) is 1.14. The number of nitrogens with zero attached hydrogens (tertiary/aromatic N) is 3. The van der Waals surface area contributed by atoms with Crippen LogP contribution >= 0.6 is 0 Å². The largest absolute Gasteiger partial charge is 0.418 e. The summed E-state index contributed by atoms with van der Waals surface area (Å²) < 4.78 is 39.3. The topological polar surface area (TPSA) is 77.0 Å². The molecule has 0 unspecified atom stereocenters. The molecule has 1 saturated heterocycles. The number of likely N-dealkylation sites (N-methyl/N-ethyl adjacent to an activating group) is 1. The Morgan fingerprint density at radius 1 is 1.22 bits per heavy atom. The third-order valence-electron chi connectivity index (χ3n) is 4.50. The summed E-state index contributed by atoms with van der Waals surface area (Å²) in [6, 6.07) is 3.64. The Balaban J connectivity index is 1.76. The number of guanidine groups is 1. The van der Waals surface area contributed by atoms with E-state index in [1.165, 1.54) is 18.2 Å². The van der Waals surface area contributed by atoms with Gasteiger partial charge in [-0.05, 0) is 19.2 Å². The Hall–Kier alpha value is -2.62. The second-order valence-electron chi connectivity index (χ2n) is 6.54. The van der Waals surface area contributed by atoms with Gasteiger partial charge in [0.05, 0.1) is 17.7 Å². The van der Waals surface area contributed by atoms with E-state index >= 15 is 0 Å². The molecular formula is C17H20F3N5O2. The quantitative estimate of drug-likeness (QED) is 0.803. The normalized spacial score (nSPS) is 21.5. The summed E-state index contributed by atoms with van der Waals surface area (Å²) in [5, 5.41) is 4.91. The monoisotopic (exact) mass is 383 g/mol. The van der Waals surface area contributed by atoms with Gasteiger partial charge in [0.15, 0.2) is 0 Å². The zero-order valence-electron chi connectivity index (χ0n) is 14.7. The molecule has 27 heavy (non-hydrogen) atoms. The van der Waals surface area contributed by atoms with Gasteiger partial charge in [0.1, 0.15) is 6.04 Å². The Morgan fingerprint density at radius 3 is 2.56 bits per heavy atom. The van der Waals surface area contributed by atoms with E-state index < -0.39 is 23.7 Å². The van der Waals surface area contributed by atoms with Gasteiger partial charge in [-0.3, -0.25) is 14.9 Å². The molecule has 2 heterocycles. The van der Waals surface area contributed by atoms with E-state index in [-0.39, 0.29) is 18.0 Å². The highest BCUT2D eigenvalue weighted by Gasteiger charge is 2.35. The zero-order valence-corrected chi connectivity index (χ0v) is 14.7. The summed E-state index contributed by atoms with van der Waals surface area (Å²) >= 11 is 0. The number of para-hydroxylation sites is 1. The Morgan fingerprint density at radius 2 is 1.89 bits per heavy atom. The molecule has 2 N–H and O–H groups in total. The van der Waals surface area contributed by atoms with Crippen molar-refractivity contribution in [2.45, 2.75) is 18.6 Å². The van der Waals surface area contributed by atoms with E-state index in [1.807, 2.05) is 11.9 Å². The van der Waals surface area contributed by atoms with Crippen LogP contribution in [-0.2, 0) is 15.8 Å². The molecule has 146 valence electrons. The second-order valence-corrected chi connectivity index (χ2v) is 6.54. The van der Waals surface area contributed by atoms with Crippen LogP contribution in [0.5, 0.6) is 0 Å². The summed E-state index contributed by atoms with van der Waals surface area (Å²) in [7, 11) is 1.98. The number of carbonyl (C=O) groups excluding carboxylic acids is 2. The number of carbonyl (C=O) groups is 2. The molecule has 1 atom stereocenters. The van der Waals surface area contributed by atoms with Crippen molar-refractivity contribution in [3.63, 3.8) is 0 Å². The summed E-state index contributed by atoms with van der Waals surface area (Å²) in [6.07, 6.45) is -4.81. The Kier molecular flexibility index (Phi) is 5.36. The molecule has 3 rings (SSSR count). The predicted molar refractivity (Wildman–Crippen MR) is 93.1 cm³/mol.